The first kappa shape index (κ1) is 23.0. The van der Waals surface area contributed by atoms with E-state index >= 15 is 0 Å². The van der Waals surface area contributed by atoms with Gasteiger partial charge in [-0.2, -0.15) is 0 Å². The molecule has 4 aromatic heterocycles. The molecule has 0 saturated heterocycles. The Labute approximate surface area is 207 Å². The van der Waals surface area contributed by atoms with Gasteiger partial charge in [0.15, 0.2) is 21.9 Å². The van der Waals surface area contributed by atoms with Gasteiger partial charge in [-0.25, -0.2) is 4.98 Å². The van der Waals surface area contributed by atoms with Gasteiger partial charge in [0.05, 0.1) is 5.75 Å². The fourth-order valence-corrected chi connectivity index (χ4v) is 6.55. The molecule has 5 rings (SSSR count). The van der Waals surface area contributed by atoms with Crippen molar-refractivity contribution in [3.63, 3.8) is 0 Å². The monoisotopic (exact) mass is 492 g/mol. The van der Waals surface area contributed by atoms with E-state index in [0.29, 0.717) is 17.7 Å². The van der Waals surface area contributed by atoms with Gasteiger partial charge in [-0.3, -0.25) is 18.9 Å². The molecule has 1 fully saturated rings. The first-order chi connectivity index (χ1) is 16.5. The molecule has 2 unspecified atom stereocenters. The van der Waals surface area contributed by atoms with Gasteiger partial charge in [0.2, 0.25) is 0 Å². The van der Waals surface area contributed by atoms with Crippen LogP contribution in [0.15, 0.2) is 47.3 Å². The van der Waals surface area contributed by atoms with Crippen LogP contribution in [0.4, 0.5) is 0 Å². The molecule has 0 N–H and O–H groups in total. The SMILES string of the molecule is Cc1cc(C(=O)CSc2nnc(-c3cccnc3)n2C2CCCCC2C)c(C)n1-c1nccs1. The highest BCUT2D eigenvalue weighted by atomic mass is 32.2. The number of aryl methyl sites for hydroxylation is 1. The lowest BCUT2D eigenvalue weighted by atomic mass is 9.85. The minimum atomic E-state index is 0.0927. The summed E-state index contributed by atoms with van der Waals surface area (Å²) in [4.78, 5) is 22.0. The summed E-state index contributed by atoms with van der Waals surface area (Å²) in [6, 6.07) is 6.24. The third-order valence-corrected chi connectivity index (χ3v) is 8.36. The van der Waals surface area contributed by atoms with E-state index in [4.69, 9.17) is 0 Å². The van der Waals surface area contributed by atoms with Crippen LogP contribution in [0.2, 0.25) is 0 Å². The second-order valence-corrected chi connectivity index (χ2v) is 10.7. The molecular weight excluding hydrogens is 464 g/mol. The number of carbonyl (C=O) groups is 1. The predicted molar refractivity (Wildman–Crippen MR) is 136 cm³/mol. The lowest BCUT2D eigenvalue weighted by Gasteiger charge is -2.31. The Kier molecular flexibility index (Phi) is 6.65. The maximum absolute atomic E-state index is 13.3. The maximum atomic E-state index is 13.3. The number of hydrogen-bond acceptors (Lipinski definition) is 7. The van der Waals surface area contributed by atoms with Crippen molar-refractivity contribution in [3.8, 4) is 16.5 Å². The van der Waals surface area contributed by atoms with E-state index in [-0.39, 0.29) is 5.78 Å². The van der Waals surface area contributed by atoms with E-state index in [1.54, 1.807) is 23.7 Å². The second-order valence-electron chi connectivity index (χ2n) is 8.89. The standard InChI is InChI=1S/C25H28N6OS2/c1-16-7-4-5-9-21(16)31-23(19-8-6-10-26-14-19)28-29-25(31)34-15-22(32)20-13-17(2)30(18(20)3)24-27-11-12-33-24/h6,8,10-14,16,21H,4-5,7,9,15H2,1-3H3. The van der Waals surface area contributed by atoms with Crippen LogP contribution in [0, 0.1) is 19.8 Å². The van der Waals surface area contributed by atoms with Crippen molar-refractivity contribution < 1.29 is 4.79 Å². The number of nitrogens with zero attached hydrogens (tertiary/aromatic N) is 6. The van der Waals surface area contributed by atoms with Crippen molar-refractivity contribution in [2.24, 2.45) is 5.92 Å². The molecule has 1 aliphatic carbocycles. The lowest BCUT2D eigenvalue weighted by molar-refractivity contribution is 0.102. The molecule has 176 valence electrons. The molecule has 0 radical (unpaired) electrons. The van der Waals surface area contributed by atoms with E-state index in [0.717, 1.165) is 45.0 Å². The molecule has 34 heavy (non-hydrogen) atoms. The van der Waals surface area contributed by atoms with Crippen molar-refractivity contribution in [1.82, 2.24) is 29.3 Å². The summed E-state index contributed by atoms with van der Waals surface area (Å²) in [5.74, 6) is 1.78. The molecule has 4 heterocycles. The summed E-state index contributed by atoms with van der Waals surface area (Å²) in [5, 5.41) is 12.7. The molecule has 0 aromatic carbocycles. The Hall–Kier alpha value is -2.78. The molecule has 7 nitrogen and oxygen atoms in total. The zero-order valence-electron chi connectivity index (χ0n) is 19.6. The number of rotatable bonds is 7. The van der Waals surface area contributed by atoms with Crippen LogP contribution >= 0.6 is 23.1 Å². The second kappa shape index (κ2) is 9.84. The molecular formula is C25H28N6OS2. The molecule has 4 aromatic rings. The van der Waals surface area contributed by atoms with Gasteiger partial charge >= 0.3 is 0 Å². The van der Waals surface area contributed by atoms with Crippen LogP contribution in [-0.4, -0.2) is 40.8 Å². The Morgan fingerprint density at radius 3 is 2.79 bits per heavy atom. The number of pyridine rings is 1. The number of hydrogen-bond donors (Lipinski definition) is 0. The lowest BCUT2D eigenvalue weighted by Crippen LogP contribution is -2.22. The largest absolute Gasteiger partial charge is 0.299 e. The zero-order valence-corrected chi connectivity index (χ0v) is 21.3. The van der Waals surface area contributed by atoms with E-state index in [2.05, 4.69) is 36.2 Å². The highest BCUT2D eigenvalue weighted by Gasteiger charge is 2.29. The Morgan fingerprint density at radius 2 is 2.06 bits per heavy atom. The van der Waals surface area contributed by atoms with Gasteiger partial charge in [-0.1, -0.05) is 31.5 Å². The van der Waals surface area contributed by atoms with Crippen molar-refractivity contribution in [2.75, 3.05) is 5.75 Å². The molecule has 0 bridgehead atoms. The van der Waals surface area contributed by atoms with Crippen molar-refractivity contribution in [3.05, 3.63) is 59.1 Å². The van der Waals surface area contributed by atoms with Gasteiger partial charge in [0.1, 0.15) is 0 Å². The third-order valence-electron chi connectivity index (χ3n) is 6.66. The molecule has 1 aliphatic rings. The van der Waals surface area contributed by atoms with Gasteiger partial charge in [0, 0.05) is 52.5 Å². The van der Waals surface area contributed by atoms with Gasteiger partial charge < -0.3 is 0 Å². The molecule has 1 saturated carbocycles. The number of thioether (sulfide) groups is 1. The molecule has 0 amide bonds. The van der Waals surface area contributed by atoms with Crippen LogP contribution in [0.25, 0.3) is 16.5 Å². The fourth-order valence-electron chi connectivity index (χ4n) is 4.92. The van der Waals surface area contributed by atoms with E-state index in [1.807, 2.05) is 43.6 Å². The quantitative estimate of drug-likeness (QED) is 0.235. The van der Waals surface area contributed by atoms with Crippen molar-refractivity contribution >= 4 is 28.9 Å². The number of aromatic nitrogens is 6. The molecule has 0 spiro atoms. The molecule has 9 heteroatoms. The van der Waals surface area contributed by atoms with Crippen LogP contribution in [0.3, 0.4) is 0 Å². The number of thiazole rings is 1. The Balaban J connectivity index is 1.42. The summed E-state index contributed by atoms with van der Waals surface area (Å²) in [6.45, 7) is 6.31. The Morgan fingerprint density at radius 1 is 1.21 bits per heavy atom. The summed E-state index contributed by atoms with van der Waals surface area (Å²) in [6.07, 6.45) is 10.1. The van der Waals surface area contributed by atoms with E-state index in [9.17, 15) is 4.79 Å². The smallest absolute Gasteiger partial charge is 0.193 e. The summed E-state index contributed by atoms with van der Waals surface area (Å²) in [5.41, 5.74) is 3.64. The van der Waals surface area contributed by atoms with Crippen LogP contribution in [0.1, 0.15) is 60.4 Å². The number of ketones is 1. The first-order valence-electron chi connectivity index (χ1n) is 11.6. The van der Waals surface area contributed by atoms with Crippen LogP contribution < -0.4 is 0 Å². The van der Waals surface area contributed by atoms with Gasteiger partial charge in [-0.05, 0) is 50.8 Å². The summed E-state index contributed by atoms with van der Waals surface area (Å²) in [7, 11) is 0. The topological polar surface area (TPSA) is 78.5 Å². The van der Waals surface area contributed by atoms with Crippen molar-refractivity contribution in [2.45, 2.75) is 57.7 Å². The summed E-state index contributed by atoms with van der Waals surface area (Å²) >= 11 is 3.05. The van der Waals surface area contributed by atoms with Crippen molar-refractivity contribution in [1.29, 1.82) is 0 Å². The average Bonchev–Trinajstić information content (AvgIpc) is 3.58. The number of carbonyl (C=O) groups excluding carboxylic acids is 1. The zero-order chi connectivity index (χ0) is 23.7. The van der Waals surface area contributed by atoms with Crippen LogP contribution in [-0.2, 0) is 0 Å². The Bertz CT molecular complexity index is 1280. The van der Waals surface area contributed by atoms with Gasteiger partial charge in [0.25, 0.3) is 0 Å². The maximum Gasteiger partial charge on any atom is 0.193 e. The minimum Gasteiger partial charge on any atom is -0.299 e. The summed E-state index contributed by atoms with van der Waals surface area (Å²) < 4.78 is 4.31. The average molecular weight is 493 g/mol. The fraction of sp³-hybridized carbons (Fsp3) is 0.400. The van der Waals surface area contributed by atoms with Gasteiger partial charge in [-0.15, -0.1) is 21.5 Å². The highest BCUT2D eigenvalue weighted by Crippen LogP contribution is 2.39. The normalized spacial score (nSPS) is 18.3. The van der Waals surface area contributed by atoms with E-state index in [1.165, 1.54) is 31.0 Å². The third kappa shape index (κ3) is 4.34. The highest BCUT2D eigenvalue weighted by molar-refractivity contribution is 7.99. The first-order valence-corrected chi connectivity index (χ1v) is 13.5. The number of Topliss-reactive ketones (excluding diaryl/α,β-unsaturated/α-hetero) is 1. The predicted octanol–water partition coefficient (Wildman–Crippen LogP) is 5.93. The minimum absolute atomic E-state index is 0.0927. The molecule has 0 aliphatic heterocycles. The molecule has 2 atom stereocenters. The van der Waals surface area contributed by atoms with Crippen LogP contribution in [0.5, 0.6) is 0 Å². The van der Waals surface area contributed by atoms with E-state index < -0.39 is 0 Å².